The van der Waals surface area contributed by atoms with Crippen LogP contribution in [0.25, 0.3) is 0 Å². The molecule has 0 amide bonds. The molecule has 1 N–H and O–H groups in total. The van der Waals surface area contributed by atoms with Crippen molar-refractivity contribution in [3.8, 4) is 6.07 Å². The van der Waals surface area contributed by atoms with Gasteiger partial charge in [-0.1, -0.05) is 6.07 Å². The van der Waals surface area contributed by atoms with Crippen molar-refractivity contribution in [2.45, 2.75) is 13.5 Å². The van der Waals surface area contributed by atoms with Crippen LogP contribution in [-0.2, 0) is 18.3 Å². The van der Waals surface area contributed by atoms with Crippen LogP contribution in [-0.4, -0.2) is 17.6 Å². The fourth-order valence-corrected chi connectivity index (χ4v) is 2.10. The van der Waals surface area contributed by atoms with Crippen molar-refractivity contribution in [2.75, 3.05) is 12.4 Å². The number of benzene rings is 1. The number of anilines is 1. The highest BCUT2D eigenvalue weighted by atomic mass is 16.5. The van der Waals surface area contributed by atoms with Crippen LogP contribution in [0.1, 0.15) is 27.2 Å². The first-order chi connectivity index (χ1) is 10.0. The summed E-state index contributed by atoms with van der Waals surface area (Å²) < 4.78 is 6.51. The number of hydrogen-bond donors (Lipinski definition) is 1. The van der Waals surface area contributed by atoms with Crippen molar-refractivity contribution in [3.63, 3.8) is 0 Å². The Morgan fingerprint density at radius 1 is 1.43 bits per heavy atom. The number of methoxy groups -OCH3 is 1. The van der Waals surface area contributed by atoms with Crippen LogP contribution in [0, 0.1) is 18.3 Å². The quantitative estimate of drug-likeness (QED) is 0.876. The van der Waals surface area contributed by atoms with Gasteiger partial charge >= 0.3 is 5.97 Å². The third kappa shape index (κ3) is 3.23. The van der Waals surface area contributed by atoms with Crippen molar-refractivity contribution in [3.05, 3.63) is 52.8 Å². The van der Waals surface area contributed by atoms with E-state index in [9.17, 15) is 4.79 Å². The van der Waals surface area contributed by atoms with E-state index in [1.165, 1.54) is 7.11 Å². The number of aromatic nitrogens is 1. The predicted octanol–water partition coefficient (Wildman–Crippen LogP) is 2.60. The highest BCUT2D eigenvalue weighted by Crippen LogP contribution is 2.19. The maximum absolute atomic E-state index is 11.5. The van der Waals surface area contributed by atoms with E-state index in [0.717, 1.165) is 16.8 Å². The van der Waals surface area contributed by atoms with E-state index in [4.69, 9.17) is 10.00 Å². The summed E-state index contributed by atoms with van der Waals surface area (Å²) in [6.45, 7) is 2.55. The summed E-state index contributed by atoms with van der Waals surface area (Å²) in [5.41, 5.74) is 4.06. The van der Waals surface area contributed by atoms with Crippen LogP contribution < -0.4 is 5.32 Å². The standard InChI is InChI=1S/C16H17N3O2/c1-11-4-5-13(16(20)21-3)7-15(11)18-9-12-6-14(8-17)19(2)10-12/h4-7,10,18H,9H2,1-3H3. The van der Waals surface area contributed by atoms with Crippen molar-refractivity contribution in [1.82, 2.24) is 4.57 Å². The number of nitrogens with one attached hydrogen (secondary N) is 1. The Kier molecular flexibility index (Phi) is 4.29. The Hall–Kier alpha value is -2.74. The van der Waals surface area contributed by atoms with Crippen LogP contribution in [0.4, 0.5) is 5.69 Å². The maximum atomic E-state index is 11.5. The van der Waals surface area contributed by atoms with Gasteiger partial charge in [-0.2, -0.15) is 5.26 Å². The van der Waals surface area contributed by atoms with Gasteiger partial charge in [0.25, 0.3) is 0 Å². The second kappa shape index (κ2) is 6.14. The molecule has 0 aliphatic heterocycles. The molecule has 1 aromatic heterocycles. The fraction of sp³-hybridized carbons (Fsp3) is 0.250. The monoisotopic (exact) mass is 283 g/mol. The number of carbonyl (C=O) groups excluding carboxylic acids is 1. The first kappa shape index (κ1) is 14.7. The van der Waals surface area contributed by atoms with Crippen molar-refractivity contribution in [1.29, 1.82) is 5.26 Å². The van der Waals surface area contributed by atoms with Crippen molar-refractivity contribution < 1.29 is 9.53 Å². The fourth-order valence-electron chi connectivity index (χ4n) is 2.10. The van der Waals surface area contributed by atoms with Crippen LogP contribution in [0.2, 0.25) is 0 Å². The molecule has 21 heavy (non-hydrogen) atoms. The third-order valence-corrected chi connectivity index (χ3v) is 3.32. The molecule has 0 saturated heterocycles. The zero-order valence-corrected chi connectivity index (χ0v) is 12.3. The van der Waals surface area contributed by atoms with Crippen molar-refractivity contribution >= 4 is 11.7 Å². The van der Waals surface area contributed by atoms with Gasteiger partial charge in [0.05, 0.1) is 12.7 Å². The summed E-state index contributed by atoms with van der Waals surface area (Å²) in [5.74, 6) is -0.357. The summed E-state index contributed by atoms with van der Waals surface area (Å²) in [7, 11) is 3.20. The smallest absolute Gasteiger partial charge is 0.337 e. The summed E-state index contributed by atoms with van der Waals surface area (Å²) in [5, 5.41) is 12.2. The number of aryl methyl sites for hydroxylation is 2. The Labute approximate surface area is 123 Å². The van der Waals surface area contributed by atoms with Crippen LogP contribution in [0.15, 0.2) is 30.5 Å². The molecule has 0 atom stereocenters. The molecule has 5 nitrogen and oxygen atoms in total. The molecule has 0 saturated carbocycles. The molecule has 0 radical (unpaired) electrons. The van der Waals surface area contributed by atoms with Gasteiger partial charge in [0.1, 0.15) is 11.8 Å². The zero-order chi connectivity index (χ0) is 15.4. The first-order valence-electron chi connectivity index (χ1n) is 6.53. The van der Waals surface area contributed by atoms with Gasteiger partial charge in [0, 0.05) is 25.5 Å². The van der Waals surface area contributed by atoms with Crippen LogP contribution >= 0.6 is 0 Å². The van der Waals surface area contributed by atoms with E-state index in [1.807, 2.05) is 32.3 Å². The Balaban J connectivity index is 2.15. The highest BCUT2D eigenvalue weighted by molar-refractivity contribution is 5.90. The molecule has 2 rings (SSSR count). The van der Waals surface area contributed by atoms with Gasteiger partial charge < -0.3 is 14.6 Å². The molecule has 0 unspecified atom stereocenters. The number of carbonyl (C=O) groups is 1. The largest absolute Gasteiger partial charge is 0.465 e. The highest BCUT2D eigenvalue weighted by Gasteiger charge is 2.08. The molecule has 0 bridgehead atoms. The molecule has 0 aliphatic carbocycles. The van der Waals surface area contributed by atoms with Crippen molar-refractivity contribution in [2.24, 2.45) is 7.05 Å². The Morgan fingerprint density at radius 2 is 2.19 bits per heavy atom. The second-order valence-electron chi connectivity index (χ2n) is 4.83. The average molecular weight is 283 g/mol. The lowest BCUT2D eigenvalue weighted by atomic mass is 10.1. The summed E-state index contributed by atoms with van der Waals surface area (Å²) in [4.78, 5) is 11.5. The van der Waals surface area contributed by atoms with Gasteiger partial charge in [-0.3, -0.25) is 0 Å². The second-order valence-corrected chi connectivity index (χ2v) is 4.83. The molecule has 0 fully saturated rings. The van der Waals surface area contributed by atoms with Gasteiger partial charge in [-0.15, -0.1) is 0 Å². The minimum absolute atomic E-state index is 0.357. The van der Waals surface area contributed by atoms with E-state index in [-0.39, 0.29) is 5.97 Å². The minimum atomic E-state index is -0.357. The van der Waals surface area contributed by atoms with Gasteiger partial charge in [0.15, 0.2) is 0 Å². The summed E-state index contributed by atoms with van der Waals surface area (Å²) >= 11 is 0. The normalized spacial score (nSPS) is 10.0. The molecule has 1 heterocycles. The maximum Gasteiger partial charge on any atom is 0.337 e. The van der Waals surface area contributed by atoms with E-state index in [2.05, 4.69) is 11.4 Å². The first-order valence-corrected chi connectivity index (χ1v) is 6.53. The molecule has 2 aromatic rings. The van der Waals surface area contributed by atoms with Gasteiger partial charge in [-0.05, 0) is 36.2 Å². The summed E-state index contributed by atoms with van der Waals surface area (Å²) in [6, 6.07) is 9.36. The van der Waals surface area contributed by atoms with E-state index >= 15 is 0 Å². The molecule has 0 aliphatic rings. The lowest BCUT2D eigenvalue weighted by Crippen LogP contribution is -2.05. The predicted molar refractivity (Wildman–Crippen MR) is 80.0 cm³/mol. The Morgan fingerprint density at radius 3 is 2.81 bits per heavy atom. The third-order valence-electron chi connectivity index (χ3n) is 3.32. The van der Waals surface area contributed by atoms with Gasteiger partial charge in [-0.25, -0.2) is 4.79 Å². The molecule has 108 valence electrons. The van der Waals surface area contributed by atoms with Crippen LogP contribution in [0.5, 0.6) is 0 Å². The van der Waals surface area contributed by atoms with Gasteiger partial charge in [0.2, 0.25) is 0 Å². The average Bonchev–Trinajstić information content (AvgIpc) is 2.85. The Bertz CT molecular complexity index is 711. The topological polar surface area (TPSA) is 67.0 Å². The van der Waals surface area contributed by atoms with E-state index in [1.54, 1.807) is 16.7 Å². The van der Waals surface area contributed by atoms with Crippen LogP contribution in [0.3, 0.4) is 0 Å². The number of nitriles is 1. The summed E-state index contributed by atoms with van der Waals surface area (Å²) in [6.07, 6.45) is 1.91. The molecule has 5 heteroatoms. The lowest BCUT2D eigenvalue weighted by molar-refractivity contribution is 0.0601. The molecular weight excluding hydrogens is 266 g/mol. The number of ether oxygens (including phenoxy) is 1. The number of hydrogen-bond acceptors (Lipinski definition) is 4. The molecule has 0 spiro atoms. The zero-order valence-electron chi connectivity index (χ0n) is 12.3. The molecular formula is C16H17N3O2. The lowest BCUT2D eigenvalue weighted by Gasteiger charge is -2.10. The van der Waals surface area contributed by atoms with E-state index < -0.39 is 0 Å². The number of rotatable bonds is 4. The SMILES string of the molecule is COC(=O)c1ccc(C)c(NCc2cc(C#N)n(C)c2)c1. The van der Waals surface area contributed by atoms with E-state index in [0.29, 0.717) is 17.8 Å². The minimum Gasteiger partial charge on any atom is -0.465 e. The molecule has 1 aromatic carbocycles. The number of nitrogens with zero attached hydrogens (tertiary/aromatic N) is 2. The number of esters is 1.